The molecule has 7 heteroatoms. The van der Waals surface area contributed by atoms with Gasteiger partial charge in [-0.3, -0.25) is 0 Å². The number of nitrogens with one attached hydrogen (secondary N) is 1. The molecule has 134 valence electrons. The van der Waals surface area contributed by atoms with E-state index in [-0.39, 0.29) is 5.57 Å². The molecule has 0 amide bonds. The number of para-hydroxylation sites is 1. The van der Waals surface area contributed by atoms with Crippen LogP contribution in [-0.4, -0.2) is 60.8 Å². The Hall–Kier alpha value is -2.54. The average Bonchev–Trinajstić information content (AvgIpc) is 2.54. The van der Waals surface area contributed by atoms with Gasteiger partial charge >= 0.3 is 11.9 Å². The summed E-state index contributed by atoms with van der Waals surface area (Å²) in [6, 6.07) is 9.42. The summed E-state index contributed by atoms with van der Waals surface area (Å²) in [5.74, 6) is -2.15. The van der Waals surface area contributed by atoms with Gasteiger partial charge in [0.1, 0.15) is 5.82 Å². The van der Waals surface area contributed by atoms with Crippen molar-refractivity contribution in [2.75, 3.05) is 38.5 Å². The van der Waals surface area contributed by atoms with Gasteiger partial charge in [0.05, 0.1) is 0 Å². The number of carbonyl (C=O) groups excluding carboxylic acids is 2. The summed E-state index contributed by atoms with van der Waals surface area (Å²) in [7, 11) is 2.04. The molecule has 2 aliphatic rings. The van der Waals surface area contributed by atoms with E-state index in [9.17, 15) is 9.59 Å². The molecule has 1 N–H and O–H groups in total. The van der Waals surface area contributed by atoms with E-state index in [4.69, 9.17) is 9.47 Å². The highest BCUT2D eigenvalue weighted by molar-refractivity contribution is 6.16. The molecule has 2 fully saturated rings. The van der Waals surface area contributed by atoms with Crippen LogP contribution in [0.25, 0.3) is 0 Å². The molecule has 0 aromatic heterocycles. The first-order valence-electron chi connectivity index (χ1n) is 8.32. The second kappa shape index (κ2) is 6.76. The fraction of sp³-hybridized carbons (Fsp3) is 0.444. The summed E-state index contributed by atoms with van der Waals surface area (Å²) in [5.41, 5.74) is 0.696. The van der Waals surface area contributed by atoms with Crippen molar-refractivity contribution in [1.82, 2.24) is 9.80 Å². The van der Waals surface area contributed by atoms with Gasteiger partial charge in [-0.25, -0.2) is 9.59 Å². The first-order valence-corrected chi connectivity index (χ1v) is 8.32. The first kappa shape index (κ1) is 17.3. The molecule has 0 saturated carbocycles. The van der Waals surface area contributed by atoms with Crippen molar-refractivity contribution in [3.63, 3.8) is 0 Å². The molecule has 2 aliphatic heterocycles. The Balaban J connectivity index is 1.97. The molecule has 1 aromatic carbocycles. The highest BCUT2D eigenvalue weighted by Crippen LogP contribution is 2.27. The molecule has 0 aliphatic carbocycles. The topological polar surface area (TPSA) is 71.1 Å². The minimum atomic E-state index is -1.25. The Labute approximate surface area is 147 Å². The largest absolute Gasteiger partial charge is 0.419 e. The monoisotopic (exact) mass is 345 g/mol. The number of rotatable bonds is 3. The highest BCUT2D eigenvalue weighted by Gasteiger charge is 2.42. The lowest BCUT2D eigenvalue weighted by Crippen LogP contribution is -2.48. The molecule has 2 heterocycles. The Bertz CT molecular complexity index is 670. The van der Waals surface area contributed by atoms with Crippen LogP contribution in [0.15, 0.2) is 41.7 Å². The number of cyclic esters (lactones) is 2. The van der Waals surface area contributed by atoms with Gasteiger partial charge in [-0.05, 0) is 19.2 Å². The van der Waals surface area contributed by atoms with Crippen molar-refractivity contribution >= 4 is 17.6 Å². The quantitative estimate of drug-likeness (QED) is 0.504. The van der Waals surface area contributed by atoms with E-state index in [0.717, 1.165) is 18.8 Å². The zero-order valence-electron chi connectivity index (χ0n) is 14.7. The predicted molar refractivity (Wildman–Crippen MR) is 92.4 cm³/mol. The van der Waals surface area contributed by atoms with Crippen LogP contribution in [0.4, 0.5) is 5.69 Å². The number of hydrogen-bond donors (Lipinski definition) is 1. The van der Waals surface area contributed by atoms with E-state index in [1.54, 1.807) is 13.8 Å². The average molecular weight is 345 g/mol. The molecule has 3 rings (SSSR count). The number of piperazine rings is 1. The Morgan fingerprint density at radius 3 is 2.12 bits per heavy atom. The van der Waals surface area contributed by atoms with Crippen LogP contribution in [-0.2, 0) is 19.1 Å². The van der Waals surface area contributed by atoms with Gasteiger partial charge in [0, 0.05) is 45.7 Å². The van der Waals surface area contributed by atoms with Gasteiger partial charge in [-0.2, -0.15) is 0 Å². The molecular formula is C18H23N3O4. The SMILES string of the molecule is CN1CCN(C(Nc2ccccc2)=C2C(=O)OC(C)(C)OC2=O)CC1. The summed E-state index contributed by atoms with van der Waals surface area (Å²) in [4.78, 5) is 29.2. The highest BCUT2D eigenvalue weighted by atomic mass is 16.7. The fourth-order valence-corrected chi connectivity index (χ4v) is 2.83. The lowest BCUT2D eigenvalue weighted by molar-refractivity contribution is -0.222. The summed E-state index contributed by atoms with van der Waals surface area (Å²) in [5, 5.41) is 3.21. The standard InChI is InChI=1S/C18H23N3O4/c1-18(2)24-16(22)14(17(23)25-18)15(19-13-7-5-4-6-8-13)21-11-9-20(3)10-12-21/h4-8,19H,9-12H2,1-3H3. The second-order valence-corrected chi connectivity index (χ2v) is 6.68. The summed E-state index contributed by atoms with van der Waals surface area (Å²) in [6.45, 7) is 6.14. The van der Waals surface area contributed by atoms with Crippen LogP contribution in [0.5, 0.6) is 0 Å². The van der Waals surface area contributed by atoms with Crippen LogP contribution >= 0.6 is 0 Å². The summed E-state index contributed by atoms with van der Waals surface area (Å²) >= 11 is 0. The third kappa shape index (κ3) is 3.93. The van der Waals surface area contributed by atoms with E-state index in [1.807, 2.05) is 42.3 Å². The first-order chi connectivity index (χ1) is 11.9. The van der Waals surface area contributed by atoms with E-state index >= 15 is 0 Å². The maximum absolute atomic E-state index is 12.5. The lowest BCUT2D eigenvalue weighted by Gasteiger charge is -2.38. The number of benzene rings is 1. The summed E-state index contributed by atoms with van der Waals surface area (Å²) < 4.78 is 10.5. The maximum atomic E-state index is 12.5. The zero-order valence-corrected chi connectivity index (χ0v) is 14.7. The second-order valence-electron chi connectivity index (χ2n) is 6.68. The van der Waals surface area contributed by atoms with Crippen LogP contribution < -0.4 is 5.32 Å². The number of carbonyl (C=O) groups is 2. The number of ether oxygens (including phenoxy) is 2. The van der Waals surface area contributed by atoms with Crippen molar-refractivity contribution in [3.05, 3.63) is 41.7 Å². The fourth-order valence-electron chi connectivity index (χ4n) is 2.83. The third-order valence-corrected chi connectivity index (χ3v) is 4.18. The molecule has 25 heavy (non-hydrogen) atoms. The Morgan fingerprint density at radius 2 is 1.56 bits per heavy atom. The molecule has 7 nitrogen and oxygen atoms in total. The third-order valence-electron chi connectivity index (χ3n) is 4.18. The van der Waals surface area contributed by atoms with Gasteiger partial charge in [0.15, 0.2) is 5.57 Å². The van der Waals surface area contributed by atoms with Gasteiger partial charge in [-0.1, -0.05) is 18.2 Å². The Morgan fingerprint density at radius 1 is 1.00 bits per heavy atom. The molecule has 1 aromatic rings. The van der Waals surface area contributed by atoms with E-state index in [2.05, 4.69) is 10.2 Å². The van der Waals surface area contributed by atoms with Gasteiger partial charge < -0.3 is 24.6 Å². The number of likely N-dealkylation sites (N-methyl/N-ethyl adjacent to an activating group) is 1. The van der Waals surface area contributed by atoms with Crippen molar-refractivity contribution in [3.8, 4) is 0 Å². The van der Waals surface area contributed by atoms with Crippen molar-refractivity contribution in [1.29, 1.82) is 0 Å². The Kier molecular flexibility index (Phi) is 4.67. The summed E-state index contributed by atoms with van der Waals surface area (Å²) in [6.07, 6.45) is 0. The minimum absolute atomic E-state index is 0.0901. The molecule has 0 atom stereocenters. The predicted octanol–water partition coefficient (Wildman–Crippen LogP) is 1.39. The number of anilines is 1. The van der Waals surface area contributed by atoms with Gasteiger partial charge in [0.2, 0.25) is 0 Å². The van der Waals surface area contributed by atoms with Crippen molar-refractivity contribution in [2.45, 2.75) is 19.6 Å². The van der Waals surface area contributed by atoms with Crippen molar-refractivity contribution < 1.29 is 19.1 Å². The molecule has 0 unspecified atom stereocenters. The van der Waals surface area contributed by atoms with E-state index in [1.165, 1.54) is 0 Å². The zero-order chi connectivity index (χ0) is 18.0. The normalized spacial score (nSPS) is 20.8. The van der Waals surface area contributed by atoms with E-state index in [0.29, 0.717) is 18.9 Å². The number of esters is 2. The maximum Gasteiger partial charge on any atom is 0.352 e. The van der Waals surface area contributed by atoms with Crippen LogP contribution in [0.2, 0.25) is 0 Å². The molecule has 2 saturated heterocycles. The molecular weight excluding hydrogens is 322 g/mol. The minimum Gasteiger partial charge on any atom is -0.419 e. The molecule has 0 radical (unpaired) electrons. The molecule has 0 bridgehead atoms. The van der Waals surface area contributed by atoms with Gasteiger partial charge in [-0.15, -0.1) is 0 Å². The van der Waals surface area contributed by atoms with Crippen molar-refractivity contribution in [2.24, 2.45) is 0 Å². The van der Waals surface area contributed by atoms with E-state index < -0.39 is 17.7 Å². The van der Waals surface area contributed by atoms with Crippen LogP contribution in [0.1, 0.15) is 13.8 Å². The van der Waals surface area contributed by atoms with Crippen LogP contribution in [0.3, 0.4) is 0 Å². The van der Waals surface area contributed by atoms with Gasteiger partial charge in [0.25, 0.3) is 5.79 Å². The lowest BCUT2D eigenvalue weighted by atomic mass is 10.1. The number of nitrogens with zero attached hydrogens (tertiary/aromatic N) is 2. The molecule has 0 spiro atoms. The van der Waals surface area contributed by atoms with Crippen LogP contribution in [0, 0.1) is 0 Å². The number of hydrogen-bond acceptors (Lipinski definition) is 7. The smallest absolute Gasteiger partial charge is 0.352 e.